The van der Waals surface area contributed by atoms with Crippen LogP contribution in [0.2, 0.25) is 0 Å². The van der Waals surface area contributed by atoms with Crippen LogP contribution in [0.25, 0.3) is 4.91 Å². The molecular formula is C22H19NOS. The number of para-hydroxylation sites is 1. The lowest BCUT2D eigenvalue weighted by Gasteiger charge is -2.09. The Morgan fingerprint density at radius 2 is 1.36 bits per heavy atom. The molecule has 25 heavy (non-hydrogen) atoms. The summed E-state index contributed by atoms with van der Waals surface area (Å²) in [6.45, 7) is 0. The van der Waals surface area contributed by atoms with Crippen molar-refractivity contribution in [1.82, 2.24) is 0 Å². The Bertz CT molecular complexity index is 830. The van der Waals surface area contributed by atoms with Gasteiger partial charge in [0.1, 0.15) is 0 Å². The molecule has 0 radical (unpaired) electrons. The molecule has 1 N–H and O–H groups in total. The molecular weight excluding hydrogens is 326 g/mol. The Morgan fingerprint density at radius 3 is 2.00 bits per heavy atom. The third-order valence-electron chi connectivity index (χ3n) is 3.60. The summed E-state index contributed by atoms with van der Waals surface area (Å²) in [5.74, 6) is 0.700. The van der Waals surface area contributed by atoms with E-state index in [1.54, 1.807) is 17.8 Å². The smallest absolute Gasteiger partial charge is 0.249 e. The number of carbonyl (C=O) groups is 1. The molecule has 3 rings (SSSR count). The normalized spacial score (nSPS) is 11.1. The number of hydrogen-bond donors (Lipinski definition) is 1. The molecule has 0 saturated carbocycles. The van der Waals surface area contributed by atoms with Crippen molar-refractivity contribution >= 4 is 28.3 Å². The standard InChI is InChI=1S/C22H19NOS/c24-22(23-20-14-8-3-9-15-20)16-21(19-12-6-2-7-13-19)25-17-18-10-4-1-5-11-18/h1-16H,17H2,(H,23,24). The molecule has 1 amide bonds. The van der Waals surface area contributed by atoms with E-state index < -0.39 is 0 Å². The fourth-order valence-corrected chi connectivity index (χ4v) is 3.37. The van der Waals surface area contributed by atoms with Gasteiger partial charge in [-0.15, -0.1) is 11.8 Å². The van der Waals surface area contributed by atoms with Gasteiger partial charge < -0.3 is 5.32 Å². The van der Waals surface area contributed by atoms with E-state index in [0.717, 1.165) is 21.9 Å². The van der Waals surface area contributed by atoms with Gasteiger partial charge >= 0.3 is 0 Å². The second kappa shape index (κ2) is 8.90. The van der Waals surface area contributed by atoms with E-state index in [1.165, 1.54) is 5.56 Å². The van der Waals surface area contributed by atoms with Crippen LogP contribution in [0.15, 0.2) is 97.1 Å². The summed E-state index contributed by atoms with van der Waals surface area (Å²) in [5.41, 5.74) is 3.08. The summed E-state index contributed by atoms with van der Waals surface area (Å²) < 4.78 is 0. The van der Waals surface area contributed by atoms with Gasteiger partial charge in [-0.2, -0.15) is 0 Å². The largest absolute Gasteiger partial charge is 0.322 e. The van der Waals surface area contributed by atoms with Gasteiger partial charge in [0.15, 0.2) is 0 Å². The maximum absolute atomic E-state index is 12.4. The van der Waals surface area contributed by atoms with Gasteiger partial charge in [0, 0.05) is 22.4 Å². The van der Waals surface area contributed by atoms with E-state index in [2.05, 4.69) is 17.4 Å². The molecule has 0 aliphatic heterocycles. The average Bonchev–Trinajstić information content (AvgIpc) is 2.67. The van der Waals surface area contributed by atoms with Crippen molar-refractivity contribution < 1.29 is 4.79 Å². The maximum Gasteiger partial charge on any atom is 0.249 e. The molecule has 0 aromatic heterocycles. The summed E-state index contributed by atoms with van der Waals surface area (Å²) in [7, 11) is 0. The van der Waals surface area contributed by atoms with Gasteiger partial charge in [0.2, 0.25) is 5.91 Å². The van der Waals surface area contributed by atoms with E-state index in [-0.39, 0.29) is 5.91 Å². The van der Waals surface area contributed by atoms with Crippen molar-refractivity contribution in [3.8, 4) is 0 Å². The van der Waals surface area contributed by atoms with Crippen LogP contribution in [0.1, 0.15) is 11.1 Å². The van der Waals surface area contributed by atoms with Gasteiger partial charge in [-0.1, -0.05) is 78.9 Å². The van der Waals surface area contributed by atoms with Crippen LogP contribution in [0, 0.1) is 0 Å². The number of anilines is 1. The monoisotopic (exact) mass is 345 g/mol. The number of amides is 1. The van der Waals surface area contributed by atoms with E-state index in [1.807, 2.05) is 78.9 Å². The highest BCUT2D eigenvalue weighted by molar-refractivity contribution is 8.07. The fourth-order valence-electron chi connectivity index (χ4n) is 2.36. The van der Waals surface area contributed by atoms with Gasteiger partial charge in [-0.3, -0.25) is 4.79 Å². The summed E-state index contributed by atoms with van der Waals surface area (Å²) in [6, 6.07) is 29.8. The highest BCUT2D eigenvalue weighted by atomic mass is 32.2. The summed E-state index contributed by atoms with van der Waals surface area (Å²) in [4.78, 5) is 13.4. The Morgan fingerprint density at radius 1 is 0.800 bits per heavy atom. The minimum Gasteiger partial charge on any atom is -0.322 e. The fraction of sp³-hybridized carbons (Fsp3) is 0.0455. The van der Waals surface area contributed by atoms with Crippen molar-refractivity contribution in [2.75, 3.05) is 5.32 Å². The van der Waals surface area contributed by atoms with E-state index >= 15 is 0 Å². The molecule has 0 fully saturated rings. The topological polar surface area (TPSA) is 29.1 Å². The molecule has 2 nitrogen and oxygen atoms in total. The highest BCUT2D eigenvalue weighted by Crippen LogP contribution is 2.30. The molecule has 0 spiro atoms. The molecule has 0 bridgehead atoms. The van der Waals surface area contributed by atoms with E-state index in [9.17, 15) is 4.79 Å². The summed E-state index contributed by atoms with van der Waals surface area (Å²) >= 11 is 1.67. The van der Waals surface area contributed by atoms with Crippen LogP contribution < -0.4 is 5.32 Å². The Balaban J connectivity index is 1.77. The first kappa shape index (κ1) is 17.1. The average molecular weight is 345 g/mol. The van der Waals surface area contributed by atoms with Crippen molar-refractivity contribution in [2.24, 2.45) is 0 Å². The lowest BCUT2D eigenvalue weighted by Crippen LogP contribution is -2.08. The number of benzene rings is 3. The summed E-state index contributed by atoms with van der Waals surface area (Å²) in [6.07, 6.45) is 1.68. The van der Waals surface area contributed by atoms with Crippen molar-refractivity contribution in [3.63, 3.8) is 0 Å². The maximum atomic E-state index is 12.4. The molecule has 0 unspecified atom stereocenters. The van der Waals surface area contributed by atoms with Crippen molar-refractivity contribution in [1.29, 1.82) is 0 Å². The quantitative estimate of drug-likeness (QED) is 0.589. The number of thioether (sulfide) groups is 1. The third kappa shape index (κ3) is 5.37. The molecule has 0 atom stereocenters. The number of nitrogens with one attached hydrogen (secondary N) is 1. The molecule has 0 heterocycles. The van der Waals surface area contributed by atoms with E-state index in [0.29, 0.717) is 0 Å². The minimum atomic E-state index is -0.120. The van der Waals surface area contributed by atoms with Gasteiger partial charge in [-0.25, -0.2) is 0 Å². The highest BCUT2D eigenvalue weighted by Gasteiger charge is 2.07. The van der Waals surface area contributed by atoms with Gasteiger partial charge in [0.25, 0.3) is 0 Å². The second-order valence-corrected chi connectivity index (χ2v) is 6.52. The number of rotatable bonds is 6. The predicted octanol–water partition coefficient (Wildman–Crippen LogP) is 5.60. The Labute approximate surface area is 152 Å². The van der Waals surface area contributed by atoms with Gasteiger partial charge in [0.05, 0.1) is 0 Å². The van der Waals surface area contributed by atoms with Crippen LogP contribution in [0.3, 0.4) is 0 Å². The predicted molar refractivity (Wildman–Crippen MR) is 107 cm³/mol. The molecule has 3 aromatic rings. The zero-order chi connectivity index (χ0) is 17.3. The molecule has 3 aromatic carbocycles. The lowest BCUT2D eigenvalue weighted by molar-refractivity contribution is -0.111. The third-order valence-corrected chi connectivity index (χ3v) is 4.74. The number of carbonyl (C=O) groups excluding carboxylic acids is 1. The minimum absolute atomic E-state index is 0.120. The first-order valence-corrected chi connectivity index (χ1v) is 9.10. The first-order chi connectivity index (χ1) is 12.3. The zero-order valence-electron chi connectivity index (χ0n) is 13.8. The Kier molecular flexibility index (Phi) is 6.07. The molecule has 0 aliphatic rings. The van der Waals surface area contributed by atoms with Crippen LogP contribution in [-0.4, -0.2) is 5.91 Å². The summed E-state index contributed by atoms with van der Waals surface area (Å²) in [5, 5.41) is 2.91. The molecule has 124 valence electrons. The zero-order valence-corrected chi connectivity index (χ0v) is 14.6. The number of hydrogen-bond acceptors (Lipinski definition) is 2. The Hall–Kier alpha value is -2.78. The van der Waals surface area contributed by atoms with Crippen LogP contribution in [-0.2, 0) is 10.5 Å². The lowest BCUT2D eigenvalue weighted by atomic mass is 10.2. The SMILES string of the molecule is O=C(C=C(SCc1ccccc1)c1ccccc1)Nc1ccccc1. The second-order valence-electron chi connectivity index (χ2n) is 5.50. The van der Waals surface area contributed by atoms with Crippen LogP contribution in [0.4, 0.5) is 5.69 Å². The van der Waals surface area contributed by atoms with Crippen LogP contribution >= 0.6 is 11.8 Å². The van der Waals surface area contributed by atoms with E-state index in [4.69, 9.17) is 0 Å². The molecule has 0 aliphatic carbocycles. The molecule has 3 heteroatoms. The molecule has 0 saturated heterocycles. The van der Waals surface area contributed by atoms with Crippen molar-refractivity contribution in [2.45, 2.75) is 5.75 Å². The van der Waals surface area contributed by atoms with Crippen molar-refractivity contribution in [3.05, 3.63) is 108 Å². The van der Waals surface area contributed by atoms with Crippen LogP contribution in [0.5, 0.6) is 0 Å². The van der Waals surface area contributed by atoms with Gasteiger partial charge in [-0.05, 0) is 23.3 Å². The first-order valence-electron chi connectivity index (χ1n) is 8.11.